The van der Waals surface area contributed by atoms with Gasteiger partial charge in [0.05, 0.1) is 0 Å². The molecule has 0 bridgehead atoms. The zero-order chi connectivity index (χ0) is 7.78. The summed E-state index contributed by atoms with van der Waals surface area (Å²) in [5.74, 6) is 3.25. The fourth-order valence-electron chi connectivity index (χ4n) is 1.35. The SMILES string of the molecule is CCSC[C@@H]1[C@@H](N)C1(C)C. The van der Waals surface area contributed by atoms with E-state index in [-0.39, 0.29) is 0 Å². The van der Waals surface area contributed by atoms with E-state index in [4.69, 9.17) is 5.73 Å². The Bertz CT molecular complexity index is 122. The van der Waals surface area contributed by atoms with E-state index in [1.807, 2.05) is 11.8 Å². The van der Waals surface area contributed by atoms with E-state index in [1.165, 1.54) is 11.5 Å². The summed E-state index contributed by atoms with van der Waals surface area (Å²) in [7, 11) is 0. The lowest BCUT2D eigenvalue weighted by atomic mass is 10.1. The second-order valence-electron chi connectivity index (χ2n) is 3.61. The molecule has 0 amide bonds. The molecule has 1 aliphatic carbocycles. The molecule has 0 radical (unpaired) electrons. The van der Waals surface area contributed by atoms with Crippen LogP contribution in [0.2, 0.25) is 0 Å². The van der Waals surface area contributed by atoms with Crippen LogP contribution in [-0.4, -0.2) is 17.5 Å². The van der Waals surface area contributed by atoms with Crippen LogP contribution in [0.15, 0.2) is 0 Å². The first-order valence-corrected chi connectivity index (χ1v) is 5.09. The van der Waals surface area contributed by atoms with Crippen molar-refractivity contribution in [3.8, 4) is 0 Å². The molecule has 0 unspecified atom stereocenters. The zero-order valence-electron chi connectivity index (χ0n) is 7.05. The van der Waals surface area contributed by atoms with Gasteiger partial charge in [0.15, 0.2) is 0 Å². The van der Waals surface area contributed by atoms with Gasteiger partial charge in [0.25, 0.3) is 0 Å². The molecule has 2 N–H and O–H groups in total. The normalized spacial score (nSPS) is 36.0. The second kappa shape index (κ2) is 2.74. The lowest BCUT2D eigenvalue weighted by Gasteiger charge is -1.99. The largest absolute Gasteiger partial charge is 0.327 e. The van der Waals surface area contributed by atoms with Crippen molar-refractivity contribution in [2.75, 3.05) is 11.5 Å². The molecule has 1 rings (SSSR count). The third-order valence-electron chi connectivity index (χ3n) is 2.64. The van der Waals surface area contributed by atoms with E-state index in [0.29, 0.717) is 11.5 Å². The van der Waals surface area contributed by atoms with Crippen molar-refractivity contribution in [1.29, 1.82) is 0 Å². The van der Waals surface area contributed by atoms with Gasteiger partial charge in [-0.3, -0.25) is 0 Å². The monoisotopic (exact) mass is 159 g/mol. The van der Waals surface area contributed by atoms with Crippen molar-refractivity contribution in [2.24, 2.45) is 17.1 Å². The predicted octanol–water partition coefficient (Wildman–Crippen LogP) is 1.72. The van der Waals surface area contributed by atoms with Gasteiger partial charge < -0.3 is 5.73 Å². The first-order valence-electron chi connectivity index (χ1n) is 3.94. The molecule has 1 fully saturated rings. The number of hydrogen-bond acceptors (Lipinski definition) is 2. The molecule has 0 aromatic rings. The van der Waals surface area contributed by atoms with E-state index < -0.39 is 0 Å². The van der Waals surface area contributed by atoms with Crippen LogP contribution in [0.25, 0.3) is 0 Å². The predicted molar refractivity (Wildman–Crippen MR) is 48.2 cm³/mol. The minimum absolute atomic E-state index is 0.433. The van der Waals surface area contributed by atoms with Crippen LogP contribution in [0.5, 0.6) is 0 Å². The Morgan fingerprint density at radius 3 is 2.30 bits per heavy atom. The zero-order valence-corrected chi connectivity index (χ0v) is 7.87. The molecule has 0 spiro atoms. The number of nitrogens with two attached hydrogens (primary N) is 1. The maximum absolute atomic E-state index is 5.87. The Hall–Kier alpha value is 0.310. The molecule has 1 nitrogen and oxygen atoms in total. The van der Waals surface area contributed by atoms with Gasteiger partial charge in [0, 0.05) is 6.04 Å². The van der Waals surface area contributed by atoms with Crippen molar-refractivity contribution in [2.45, 2.75) is 26.8 Å². The molecule has 2 atom stereocenters. The lowest BCUT2D eigenvalue weighted by molar-refractivity contribution is 0.577. The number of rotatable bonds is 3. The van der Waals surface area contributed by atoms with Gasteiger partial charge in [-0.25, -0.2) is 0 Å². The average Bonchev–Trinajstić information content (AvgIpc) is 2.31. The fraction of sp³-hybridized carbons (Fsp3) is 1.00. The molecule has 0 heterocycles. The van der Waals surface area contributed by atoms with E-state index in [2.05, 4.69) is 20.8 Å². The van der Waals surface area contributed by atoms with Crippen LogP contribution < -0.4 is 5.73 Å². The van der Waals surface area contributed by atoms with E-state index >= 15 is 0 Å². The summed E-state index contributed by atoms with van der Waals surface area (Å²) in [6.45, 7) is 6.72. The van der Waals surface area contributed by atoms with Crippen molar-refractivity contribution in [1.82, 2.24) is 0 Å². The maximum Gasteiger partial charge on any atom is 0.0136 e. The Kier molecular flexibility index (Phi) is 2.31. The van der Waals surface area contributed by atoms with Gasteiger partial charge in [-0.2, -0.15) is 11.8 Å². The second-order valence-corrected chi connectivity index (χ2v) is 4.93. The summed E-state index contributed by atoms with van der Waals surface area (Å²) in [6, 6.07) is 0.464. The highest BCUT2D eigenvalue weighted by Crippen LogP contribution is 2.51. The van der Waals surface area contributed by atoms with Gasteiger partial charge in [0.1, 0.15) is 0 Å². The maximum atomic E-state index is 5.87. The van der Waals surface area contributed by atoms with Crippen molar-refractivity contribution in [3.05, 3.63) is 0 Å². The topological polar surface area (TPSA) is 26.0 Å². The van der Waals surface area contributed by atoms with Gasteiger partial charge >= 0.3 is 0 Å². The molecular weight excluding hydrogens is 142 g/mol. The molecule has 1 saturated carbocycles. The Balaban J connectivity index is 2.22. The molecule has 0 aromatic heterocycles. The van der Waals surface area contributed by atoms with Crippen LogP contribution in [0.4, 0.5) is 0 Å². The standard InChI is InChI=1S/C8H17NS/c1-4-10-5-6-7(9)8(6,2)3/h6-7H,4-5,9H2,1-3H3/t6-,7-/m1/s1. The summed E-state index contributed by atoms with van der Waals surface area (Å²) >= 11 is 2.00. The molecule has 60 valence electrons. The lowest BCUT2D eigenvalue weighted by Crippen LogP contribution is -2.06. The number of thioether (sulfide) groups is 1. The van der Waals surface area contributed by atoms with Crippen molar-refractivity contribution < 1.29 is 0 Å². The van der Waals surface area contributed by atoms with E-state index in [1.54, 1.807) is 0 Å². The van der Waals surface area contributed by atoms with Gasteiger partial charge in [0.2, 0.25) is 0 Å². The molecule has 0 aromatic carbocycles. The van der Waals surface area contributed by atoms with Gasteiger partial charge in [-0.1, -0.05) is 20.8 Å². The highest BCUT2D eigenvalue weighted by Gasteiger charge is 2.54. The summed E-state index contributed by atoms with van der Waals surface area (Å²) < 4.78 is 0. The number of hydrogen-bond donors (Lipinski definition) is 1. The van der Waals surface area contributed by atoms with Crippen LogP contribution in [0.3, 0.4) is 0 Å². The van der Waals surface area contributed by atoms with Crippen molar-refractivity contribution in [3.63, 3.8) is 0 Å². The quantitative estimate of drug-likeness (QED) is 0.678. The highest BCUT2D eigenvalue weighted by molar-refractivity contribution is 7.99. The average molecular weight is 159 g/mol. The molecule has 10 heavy (non-hydrogen) atoms. The molecule has 0 saturated heterocycles. The van der Waals surface area contributed by atoms with Crippen LogP contribution >= 0.6 is 11.8 Å². The van der Waals surface area contributed by atoms with E-state index in [9.17, 15) is 0 Å². The Morgan fingerprint density at radius 1 is 1.50 bits per heavy atom. The summed E-state index contributed by atoms with van der Waals surface area (Å²) in [5.41, 5.74) is 6.30. The van der Waals surface area contributed by atoms with Crippen LogP contribution in [0, 0.1) is 11.3 Å². The van der Waals surface area contributed by atoms with Crippen LogP contribution in [0.1, 0.15) is 20.8 Å². The molecule has 2 heteroatoms. The Morgan fingerprint density at radius 2 is 2.00 bits per heavy atom. The molecule has 0 aliphatic heterocycles. The smallest absolute Gasteiger partial charge is 0.0136 e. The summed E-state index contributed by atoms with van der Waals surface area (Å²) in [5, 5.41) is 0. The first-order chi connectivity index (χ1) is 4.60. The molecular formula is C8H17NS. The van der Waals surface area contributed by atoms with Gasteiger partial charge in [-0.15, -0.1) is 0 Å². The van der Waals surface area contributed by atoms with Crippen molar-refractivity contribution >= 4 is 11.8 Å². The minimum atomic E-state index is 0.433. The minimum Gasteiger partial charge on any atom is -0.327 e. The van der Waals surface area contributed by atoms with Gasteiger partial charge in [-0.05, 0) is 22.8 Å². The first kappa shape index (κ1) is 8.41. The van der Waals surface area contributed by atoms with E-state index in [0.717, 1.165) is 5.92 Å². The fourth-order valence-corrected chi connectivity index (χ4v) is 2.48. The molecule has 1 aliphatic rings. The summed E-state index contributed by atoms with van der Waals surface area (Å²) in [4.78, 5) is 0. The highest BCUT2D eigenvalue weighted by atomic mass is 32.2. The third-order valence-corrected chi connectivity index (χ3v) is 3.64. The Labute approximate surface area is 67.8 Å². The van der Waals surface area contributed by atoms with Crippen LogP contribution in [-0.2, 0) is 0 Å². The summed E-state index contributed by atoms with van der Waals surface area (Å²) in [6.07, 6.45) is 0. The third kappa shape index (κ3) is 1.32.